The van der Waals surface area contributed by atoms with E-state index in [2.05, 4.69) is 34.7 Å². The Hall–Kier alpha value is -2.73. The van der Waals surface area contributed by atoms with Gasteiger partial charge in [-0.2, -0.15) is 0 Å². The average Bonchev–Trinajstić information content (AvgIpc) is 2.81. The number of ether oxygens (including phenoxy) is 2. The lowest BCUT2D eigenvalue weighted by Crippen LogP contribution is -2.33. The van der Waals surface area contributed by atoms with Crippen molar-refractivity contribution < 1.29 is 14.3 Å². The summed E-state index contributed by atoms with van der Waals surface area (Å²) in [5.74, 6) is 1.21. The lowest BCUT2D eigenvalue weighted by atomic mass is 9.94. The van der Waals surface area contributed by atoms with E-state index in [1.807, 2.05) is 38.1 Å². The van der Waals surface area contributed by atoms with Crippen LogP contribution < -0.4 is 20.1 Å². The Morgan fingerprint density at radius 3 is 2.50 bits per heavy atom. The first-order valence-electron chi connectivity index (χ1n) is 11.8. The van der Waals surface area contributed by atoms with Gasteiger partial charge in [-0.1, -0.05) is 37.5 Å². The molecule has 3 rings (SSSR count). The Morgan fingerprint density at radius 1 is 1.00 bits per heavy atom. The number of anilines is 2. The van der Waals surface area contributed by atoms with Gasteiger partial charge in [-0.25, -0.2) is 0 Å². The fourth-order valence-electron chi connectivity index (χ4n) is 4.26. The Labute approximate surface area is 192 Å². The van der Waals surface area contributed by atoms with Gasteiger partial charge in [0.15, 0.2) is 0 Å². The molecule has 2 aromatic rings. The molecule has 1 saturated carbocycles. The van der Waals surface area contributed by atoms with Gasteiger partial charge in [0.1, 0.15) is 11.5 Å². The molecular formula is C26H37N3O3. The largest absolute Gasteiger partial charge is 0.494 e. The van der Waals surface area contributed by atoms with Gasteiger partial charge in [0.05, 0.1) is 25.4 Å². The number of nitrogens with zero attached hydrogens (tertiary/aromatic N) is 1. The summed E-state index contributed by atoms with van der Waals surface area (Å²) in [4.78, 5) is 15.2. The molecule has 0 aromatic heterocycles. The summed E-state index contributed by atoms with van der Waals surface area (Å²) in [5, 5.41) is 6.28. The Balaban J connectivity index is 1.61. The van der Waals surface area contributed by atoms with E-state index < -0.39 is 0 Å². The van der Waals surface area contributed by atoms with Crippen LogP contribution in [0.2, 0.25) is 0 Å². The van der Waals surface area contributed by atoms with Gasteiger partial charge < -0.3 is 20.1 Å². The maximum Gasteiger partial charge on any atom is 0.243 e. The molecule has 1 amide bonds. The summed E-state index contributed by atoms with van der Waals surface area (Å²) >= 11 is 0. The normalized spacial score (nSPS) is 14.2. The quantitative estimate of drug-likeness (QED) is 0.497. The van der Waals surface area contributed by atoms with Crippen LogP contribution in [0.4, 0.5) is 11.4 Å². The molecular weight excluding hydrogens is 402 g/mol. The van der Waals surface area contributed by atoms with Crippen LogP contribution in [-0.4, -0.2) is 43.7 Å². The summed E-state index contributed by atoms with van der Waals surface area (Å²) in [6.07, 6.45) is 6.55. The van der Waals surface area contributed by atoms with Crippen molar-refractivity contribution in [2.75, 3.05) is 37.4 Å². The molecule has 1 aliphatic carbocycles. The van der Waals surface area contributed by atoms with Crippen LogP contribution >= 0.6 is 0 Å². The van der Waals surface area contributed by atoms with Crippen molar-refractivity contribution in [2.24, 2.45) is 0 Å². The van der Waals surface area contributed by atoms with E-state index in [-0.39, 0.29) is 12.5 Å². The molecule has 6 heteroatoms. The van der Waals surface area contributed by atoms with Gasteiger partial charge in [0.25, 0.3) is 0 Å². The van der Waals surface area contributed by atoms with Crippen LogP contribution in [0, 0.1) is 0 Å². The molecule has 174 valence electrons. The lowest BCUT2D eigenvalue weighted by molar-refractivity contribution is -0.114. The topological polar surface area (TPSA) is 62.8 Å². The molecule has 1 aliphatic rings. The van der Waals surface area contributed by atoms with Gasteiger partial charge in [0, 0.05) is 24.3 Å². The van der Waals surface area contributed by atoms with E-state index in [1.54, 1.807) is 6.07 Å². The highest BCUT2D eigenvalue weighted by atomic mass is 16.5. The molecule has 32 heavy (non-hydrogen) atoms. The number of hydrogen-bond donors (Lipinski definition) is 2. The second-order valence-corrected chi connectivity index (χ2v) is 8.29. The van der Waals surface area contributed by atoms with Gasteiger partial charge in [-0.15, -0.1) is 0 Å². The molecule has 0 aliphatic heterocycles. The third-order valence-corrected chi connectivity index (χ3v) is 5.91. The van der Waals surface area contributed by atoms with Crippen molar-refractivity contribution in [1.29, 1.82) is 0 Å². The predicted molar refractivity (Wildman–Crippen MR) is 131 cm³/mol. The average molecular weight is 440 g/mol. The number of nitrogens with one attached hydrogen (secondary N) is 2. The van der Waals surface area contributed by atoms with Crippen LogP contribution in [0.15, 0.2) is 42.5 Å². The number of hydrogen-bond acceptors (Lipinski definition) is 5. The summed E-state index contributed by atoms with van der Waals surface area (Å²) in [6.45, 7) is 5.99. The molecule has 0 unspecified atom stereocenters. The van der Waals surface area contributed by atoms with Crippen LogP contribution in [0.5, 0.6) is 11.5 Å². The molecule has 0 saturated heterocycles. The molecule has 6 nitrogen and oxygen atoms in total. The highest BCUT2D eigenvalue weighted by molar-refractivity contribution is 5.95. The van der Waals surface area contributed by atoms with Gasteiger partial charge >= 0.3 is 0 Å². The van der Waals surface area contributed by atoms with E-state index in [0.717, 1.165) is 12.2 Å². The Morgan fingerprint density at radius 2 is 1.75 bits per heavy atom. The second kappa shape index (κ2) is 12.3. The third kappa shape index (κ3) is 6.89. The van der Waals surface area contributed by atoms with Crippen molar-refractivity contribution in [2.45, 2.75) is 58.5 Å². The fourth-order valence-corrected chi connectivity index (χ4v) is 4.26. The SMILES string of the molecule is CCOc1ccc(OCC)c(NC(=O)CNc2ccccc2CN(C)C2CCCCC2)c1. The number of amides is 1. The van der Waals surface area contributed by atoms with Crippen LogP contribution in [0.3, 0.4) is 0 Å². The van der Waals surface area contributed by atoms with E-state index in [9.17, 15) is 4.79 Å². The zero-order valence-electron chi connectivity index (χ0n) is 19.7. The lowest BCUT2D eigenvalue weighted by Gasteiger charge is -2.31. The molecule has 0 radical (unpaired) electrons. The number of para-hydroxylation sites is 1. The molecule has 2 N–H and O–H groups in total. The van der Waals surface area contributed by atoms with Crippen molar-refractivity contribution in [3.63, 3.8) is 0 Å². The van der Waals surface area contributed by atoms with Crippen molar-refractivity contribution in [3.05, 3.63) is 48.0 Å². The van der Waals surface area contributed by atoms with Crippen LogP contribution in [0.25, 0.3) is 0 Å². The monoisotopic (exact) mass is 439 g/mol. The van der Waals surface area contributed by atoms with Gasteiger partial charge in [-0.3, -0.25) is 9.69 Å². The minimum atomic E-state index is -0.130. The molecule has 0 heterocycles. The summed E-state index contributed by atoms with van der Waals surface area (Å²) in [5.41, 5.74) is 2.83. The minimum absolute atomic E-state index is 0.130. The van der Waals surface area contributed by atoms with Crippen molar-refractivity contribution >= 4 is 17.3 Å². The number of carbonyl (C=O) groups is 1. The highest BCUT2D eigenvalue weighted by Gasteiger charge is 2.19. The molecule has 0 spiro atoms. The third-order valence-electron chi connectivity index (χ3n) is 5.91. The first kappa shape index (κ1) is 23.9. The molecule has 0 bridgehead atoms. The van der Waals surface area contributed by atoms with E-state index in [1.165, 1.54) is 37.7 Å². The maximum absolute atomic E-state index is 12.7. The van der Waals surface area contributed by atoms with Crippen LogP contribution in [0.1, 0.15) is 51.5 Å². The zero-order chi connectivity index (χ0) is 22.8. The first-order chi connectivity index (χ1) is 15.6. The molecule has 2 aromatic carbocycles. The maximum atomic E-state index is 12.7. The second-order valence-electron chi connectivity index (χ2n) is 8.29. The summed E-state index contributed by atoms with van der Waals surface area (Å²) in [6, 6.07) is 14.4. The van der Waals surface area contributed by atoms with Crippen LogP contribution in [-0.2, 0) is 11.3 Å². The molecule has 1 fully saturated rings. The van der Waals surface area contributed by atoms with Crippen molar-refractivity contribution in [3.8, 4) is 11.5 Å². The minimum Gasteiger partial charge on any atom is -0.494 e. The summed E-state index contributed by atoms with van der Waals surface area (Å²) < 4.78 is 11.2. The number of carbonyl (C=O) groups excluding carboxylic acids is 1. The smallest absolute Gasteiger partial charge is 0.243 e. The summed E-state index contributed by atoms with van der Waals surface area (Å²) in [7, 11) is 2.21. The van der Waals surface area contributed by atoms with Gasteiger partial charge in [0.2, 0.25) is 5.91 Å². The first-order valence-corrected chi connectivity index (χ1v) is 11.8. The van der Waals surface area contributed by atoms with Gasteiger partial charge in [-0.05, 0) is 57.5 Å². The number of benzene rings is 2. The fraction of sp³-hybridized carbons (Fsp3) is 0.500. The number of rotatable bonds is 11. The van der Waals surface area contributed by atoms with E-state index in [4.69, 9.17) is 9.47 Å². The Bertz CT molecular complexity index is 865. The van der Waals surface area contributed by atoms with E-state index in [0.29, 0.717) is 36.4 Å². The predicted octanol–water partition coefficient (Wildman–Crippen LogP) is 5.30. The zero-order valence-corrected chi connectivity index (χ0v) is 19.7. The van der Waals surface area contributed by atoms with E-state index >= 15 is 0 Å². The Kier molecular flexibility index (Phi) is 9.23. The highest BCUT2D eigenvalue weighted by Crippen LogP contribution is 2.29. The van der Waals surface area contributed by atoms with Crippen molar-refractivity contribution in [1.82, 2.24) is 4.90 Å². The molecule has 0 atom stereocenters. The standard InChI is InChI=1S/C26H37N3O3/c1-4-31-22-15-16-25(32-5-2)24(17-22)28-26(30)18-27-23-14-10-9-11-20(23)19-29(3)21-12-7-6-8-13-21/h9-11,14-17,21,27H,4-8,12-13,18-19H2,1-3H3,(H,28,30).